The van der Waals surface area contributed by atoms with E-state index in [4.69, 9.17) is 0 Å². The molecule has 21 heavy (non-hydrogen) atoms. The summed E-state index contributed by atoms with van der Waals surface area (Å²) in [4.78, 5) is 16.3. The molecule has 0 unspecified atom stereocenters. The Morgan fingerprint density at radius 3 is 3.10 bits per heavy atom. The molecule has 0 saturated heterocycles. The van der Waals surface area contributed by atoms with E-state index >= 15 is 0 Å². The van der Waals surface area contributed by atoms with Gasteiger partial charge in [0.1, 0.15) is 5.82 Å². The van der Waals surface area contributed by atoms with E-state index in [1.54, 1.807) is 16.3 Å². The molecular weight excluding hydrogens is 286 g/mol. The summed E-state index contributed by atoms with van der Waals surface area (Å²) < 4.78 is 1.77. The lowest BCUT2D eigenvalue weighted by atomic mass is 10.3. The average molecular weight is 305 g/mol. The highest BCUT2D eigenvalue weighted by Gasteiger charge is 2.28. The highest BCUT2D eigenvalue weighted by molar-refractivity contribution is 7.98. The summed E-state index contributed by atoms with van der Waals surface area (Å²) in [5.74, 6) is 1.61. The Kier molecular flexibility index (Phi) is 4.28. The van der Waals surface area contributed by atoms with Gasteiger partial charge in [-0.1, -0.05) is 24.8 Å². The van der Waals surface area contributed by atoms with Crippen LogP contribution in [0.4, 0.5) is 5.82 Å². The molecule has 2 heterocycles. The monoisotopic (exact) mass is 305 g/mol. The number of pyridine rings is 1. The molecule has 3 rings (SSSR count). The van der Waals surface area contributed by atoms with Crippen molar-refractivity contribution >= 4 is 17.6 Å². The number of anilines is 1. The van der Waals surface area contributed by atoms with Crippen LogP contribution in [0.15, 0.2) is 28.2 Å². The number of hydrogen-bond donors (Lipinski definition) is 2. The summed E-state index contributed by atoms with van der Waals surface area (Å²) in [6.45, 7) is 3.05. The number of aromatic amines is 1. The van der Waals surface area contributed by atoms with Gasteiger partial charge in [-0.2, -0.15) is 0 Å². The molecule has 1 aliphatic carbocycles. The molecule has 0 aromatic carbocycles. The molecule has 0 radical (unpaired) electrons. The van der Waals surface area contributed by atoms with Crippen molar-refractivity contribution in [1.29, 1.82) is 0 Å². The molecule has 1 aliphatic rings. The highest BCUT2D eigenvalue weighted by Crippen LogP contribution is 2.36. The second-order valence-corrected chi connectivity index (χ2v) is 6.08. The van der Waals surface area contributed by atoms with Crippen molar-refractivity contribution in [2.24, 2.45) is 0 Å². The van der Waals surface area contributed by atoms with E-state index in [9.17, 15) is 4.79 Å². The zero-order valence-electron chi connectivity index (χ0n) is 12.0. The molecule has 6 nitrogen and oxygen atoms in total. The molecule has 0 atom stereocenters. The van der Waals surface area contributed by atoms with Gasteiger partial charge in [0.2, 0.25) is 0 Å². The molecule has 0 amide bonds. The Hall–Kier alpha value is -1.76. The van der Waals surface area contributed by atoms with Crippen molar-refractivity contribution in [1.82, 2.24) is 19.7 Å². The van der Waals surface area contributed by atoms with Gasteiger partial charge in [-0.3, -0.25) is 4.57 Å². The van der Waals surface area contributed by atoms with Crippen molar-refractivity contribution in [3.63, 3.8) is 0 Å². The maximum atomic E-state index is 11.7. The standard InChI is InChI=1S/C14H19N5OS/c1-2-8-15-12-5-3-4-10(16-12)9-21-14-18-17-13(20)19(14)11-6-7-11/h3-5,11H,2,6-9H2,1H3,(H,15,16)(H,17,20). The SMILES string of the molecule is CCCNc1cccc(CSc2n[nH]c(=O)n2C2CC2)n1. The van der Waals surface area contributed by atoms with Crippen LogP contribution in [0.5, 0.6) is 0 Å². The first-order valence-electron chi connectivity index (χ1n) is 7.27. The summed E-state index contributed by atoms with van der Waals surface area (Å²) in [6, 6.07) is 6.30. The minimum Gasteiger partial charge on any atom is -0.370 e. The topological polar surface area (TPSA) is 75.6 Å². The molecule has 1 fully saturated rings. The van der Waals surface area contributed by atoms with Gasteiger partial charge < -0.3 is 5.32 Å². The van der Waals surface area contributed by atoms with E-state index in [1.165, 1.54) is 0 Å². The number of H-pyrrole nitrogens is 1. The zero-order valence-corrected chi connectivity index (χ0v) is 12.8. The summed E-state index contributed by atoms with van der Waals surface area (Å²) >= 11 is 1.55. The Morgan fingerprint density at radius 2 is 2.33 bits per heavy atom. The highest BCUT2D eigenvalue weighted by atomic mass is 32.2. The number of thioether (sulfide) groups is 1. The van der Waals surface area contributed by atoms with Crippen LogP contribution >= 0.6 is 11.8 Å². The molecule has 1 saturated carbocycles. The zero-order chi connectivity index (χ0) is 14.7. The van der Waals surface area contributed by atoms with Gasteiger partial charge in [-0.25, -0.2) is 14.9 Å². The van der Waals surface area contributed by atoms with Gasteiger partial charge in [0, 0.05) is 18.3 Å². The molecule has 7 heteroatoms. The summed E-state index contributed by atoms with van der Waals surface area (Å²) in [7, 11) is 0. The second kappa shape index (κ2) is 6.34. The summed E-state index contributed by atoms with van der Waals surface area (Å²) in [5, 5.41) is 10.7. The number of nitrogens with one attached hydrogen (secondary N) is 2. The Labute approximate surface area is 127 Å². The van der Waals surface area contributed by atoms with Crippen molar-refractivity contribution < 1.29 is 0 Å². The van der Waals surface area contributed by atoms with Crippen LogP contribution in [0.1, 0.15) is 37.9 Å². The smallest absolute Gasteiger partial charge is 0.344 e. The largest absolute Gasteiger partial charge is 0.370 e. The van der Waals surface area contributed by atoms with Crippen molar-refractivity contribution in [2.75, 3.05) is 11.9 Å². The van der Waals surface area contributed by atoms with E-state index in [0.717, 1.165) is 42.5 Å². The average Bonchev–Trinajstić information content (AvgIpc) is 3.27. The molecule has 0 bridgehead atoms. The van der Waals surface area contributed by atoms with E-state index < -0.39 is 0 Å². The van der Waals surface area contributed by atoms with Crippen molar-refractivity contribution in [3.8, 4) is 0 Å². The van der Waals surface area contributed by atoms with Crippen LogP contribution in [-0.4, -0.2) is 26.3 Å². The third-order valence-electron chi connectivity index (χ3n) is 3.30. The summed E-state index contributed by atoms with van der Waals surface area (Å²) in [6.07, 6.45) is 3.21. The van der Waals surface area contributed by atoms with E-state index in [0.29, 0.717) is 11.8 Å². The van der Waals surface area contributed by atoms with Gasteiger partial charge in [0.15, 0.2) is 5.16 Å². The molecular formula is C14H19N5OS. The van der Waals surface area contributed by atoms with E-state index in [-0.39, 0.29) is 5.69 Å². The fourth-order valence-electron chi connectivity index (χ4n) is 2.10. The first kappa shape index (κ1) is 14.2. The van der Waals surface area contributed by atoms with E-state index in [1.807, 2.05) is 18.2 Å². The van der Waals surface area contributed by atoms with Gasteiger partial charge >= 0.3 is 5.69 Å². The third kappa shape index (κ3) is 3.47. The Morgan fingerprint density at radius 1 is 1.48 bits per heavy atom. The van der Waals surface area contributed by atoms with Crippen LogP contribution in [-0.2, 0) is 5.75 Å². The fraction of sp³-hybridized carbons (Fsp3) is 0.500. The van der Waals surface area contributed by atoms with Crippen molar-refractivity contribution in [3.05, 3.63) is 34.4 Å². The van der Waals surface area contributed by atoms with Gasteiger partial charge in [-0.15, -0.1) is 5.10 Å². The first-order valence-corrected chi connectivity index (χ1v) is 8.26. The van der Waals surface area contributed by atoms with Gasteiger partial charge in [0.25, 0.3) is 0 Å². The lowest BCUT2D eigenvalue weighted by molar-refractivity contribution is 0.642. The summed E-state index contributed by atoms with van der Waals surface area (Å²) in [5.41, 5.74) is 0.880. The third-order valence-corrected chi connectivity index (χ3v) is 4.28. The number of hydrogen-bond acceptors (Lipinski definition) is 5. The molecule has 2 N–H and O–H groups in total. The predicted octanol–water partition coefficient (Wildman–Crippen LogP) is 2.42. The van der Waals surface area contributed by atoms with Gasteiger partial charge in [0.05, 0.1) is 5.69 Å². The lowest BCUT2D eigenvalue weighted by Crippen LogP contribution is -2.16. The molecule has 2 aromatic rings. The normalized spacial score (nSPS) is 14.3. The minimum atomic E-state index is -0.105. The molecule has 2 aromatic heterocycles. The van der Waals surface area contributed by atoms with Crippen LogP contribution < -0.4 is 11.0 Å². The fourth-order valence-corrected chi connectivity index (χ4v) is 3.02. The lowest BCUT2D eigenvalue weighted by Gasteiger charge is -2.06. The second-order valence-electron chi connectivity index (χ2n) is 5.14. The van der Waals surface area contributed by atoms with Crippen molar-refractivity contribution in [2.45, 2.75) is 43.1 Å². The van der Waals surface area contributed by atoms with Gasteiger partial charge in [-0.05, 0) is 31.4 Å². The quantitative estimate of drug-likeness (QED) is 0.768. The Balaban J connectivity index is 1.66. The number of aromatic nitrogens is 4. The number of rotatable bonds is 7. The van der Waals surface area contributed by atoms with E-state index in [2.05, 4.69) is 27.4 Å². The molecule has 0 aliphatic heterocycles. The van der Waals surface area contributed by atoms with Crippen LogP contribution in [0.2, 0.25) is 0 Å². The van der Waals surface area contributed by atoms with Crippen LogP contribution in [0.3, 0.4) is 0 Å². The first-order chi connectivity index (χ1) is 10.3. The molecule has 0 spiro atoms. The molecule has 112 valence electrons. The van der Waals surface area contributed by atoms with Crippen LogP contribution in [0.25, 0.3) is 0 Å². The Bertz CT molecular complexity index is 661. The minimum absolute atomic E-state index is 0.105. The number of nitrogens with zero attached hydrogens (tertiary/aromatic N) is 3. The maximum absolute atomic E-state index is 11.7. The maximum Gasteiger partial charge on any atom is 0.344 e. The predicted molar refractivity (Wildman–Crippen MR) is 83.7 cm³/mol. The van der Waals surface area contributed by atoms with Crippen LogP contribution in [0, 0.1) is 0 Å².